The van der Waals surface area contributed by atoms with Crippen LogP contribution in [-0.2, 0) is 0 Å². The maximum atomic E-state index is 9.50. The van der Waals surface area contributed by atoms with Crippen molar-refractivity contribution in [2.45, 2.75) is 0 Å². The van der Waals surface area contributed by atoms with Gasteiger partial charge < -0.3 is 0 Å². The first-order valence-corrected chi connectivity index (χ1v) is 11.5. The van der Waals surface area contributed by atoms with Crippen molar-refractivity contribution in [2.75, 3.05) is 0 Å². The van der Waals surface area contributed by atoms with Crippen LogP contribution in [0.5, 0.6) is 0 Å². The summed E-state index contributed by atoms with van der Waals surface area (Å²) in [7, 11) is 0. The number of fused-ring (bicyclic) bond motifs is 6. The number of hydrogen-bond donors (Lipinski definition) is 0. The molecule has 6 heteroatoms. The van der Waals surface area contributed by atoms with Crippen LogP contribution >= 0.6 is 0 Å². The molecule has 36 heavy (non-hydrogen) atoms. The van der Waals surface area contributed by atoms with Gasteiger partial charge in [-0.3, -0.25) is 9.13 Å². The van der Waals surface area contributed by atoms with Gasteiger partial charge in [-0.1, -0.05) is 48.5 Å². The third-order valence-electron chi connectivity index (χ3n) is 6.55. The summed E-state index contributed by atoms with van der Waals surface area (Å²) < 4.78 is 4.12. The first kappa shape index (κ1) is 20.0. The third-order valence-corrected chi connectivity index (χ3v) is 6.55. The Balaban J connectivity index is 1.67. The second-order valence-electron chi connectivity index (χ2n) is 8.60. The summed E-state index contributed by atoms with van der Waals surface area (Å²) in [4.78, 5) is 10.4. The molecule has 0 atom stereocenters. The van der Waals surface area contributed by atoms with Crippen LogP contribution in [0.25, 0.3) is 55.5 Å². The van der Waals surface area contributed by atoms with Crippen LogP contribution in [0.1, 0.15) is 11.1 Å². The van der Waals surface area contributed by atoms with E-state index in [-0.39, 0.29) is 0 Å². The highest BCUT2D eigenvalue weighted by molar-refractivity contribution is 6.12. The lowest BCUT2D eigenvalue weighted by Crippen LogP contribution is -2.00. The van der Waals surface area contributed by atoms with E-state index in [4.69, 9.17) is 9.97 Å². The van der Waals surface area contributed by atoms with Crippen molar-refractivity contribution in [1.29, 1.82) is 10.5 Å². The molecule has 7 aromatic rings. The highest BCUT2D eigenvalue weighted by Crippen LogP contribution is 2.35. The molecule has 6 nitrogen and oxygen atoms in total. The molecule has 0 N–H and O–H groups in total. The molecule has 0 amide bonds. The monoisotopic (exact) mass is 460 g/mol. The standard InChI is InChI=1S/C30H16N6/c31-17-19-7-5-9-21(15-19)35-25-13-3-1-11-23(25)27-29(35)34-30-28(33-27)24-12-2-4-14-26(24)36(30)22-10-6-8-20(16-22)18-32/h1-16H. The Morgan fingerprint density at radius 3 is 1.47 bits per heavy atom. The van der Waals surface area contributed by atoms with Crippen molar-refractivity contribution in [1.82, 2.24) is 19.1 Å². The van der Waals surface area contributed by atoms with Gasteiger partial charge in [-0.2, -0.15) is 10.5 Å². The predicted octanol–water partition coefficient (Wildman–Crippen LogP) is 6.41. The minimum atomic E-state index is 0.579. The van der Waals surface area contributed by atoms with Gasteiger partial charge in [0.1, 0.15) is 11.0 Å². The molecule has 4 aromatic carbocycles. The van der Waals surface area contributed by atoms with Crippen molar-refractivity contribution in [3.63, 3.8) is 0 Å². The molecule has 0 fully saturated rings. The van der Waals surface area contributed by atoms with Gasteiger partial charge in [0.25, 0.3) is 0 Å². The van der Waals surface area contributed by atoms with Gasteiger partial charge in [0.2, 0.25) is 0 Å². The van der Waals surface area contributed by atoms with Crippen molar-refractivity contribution in [2.24, 2.45) is 0 Å². The molecular formula is C30H16N6. The Morgan fingerprint density at radius 2 is 1.00 bits per heavy atom. The highest BCUT2D eigenvalue weighted by Gasteiger charge is 2.21. The zero-order chi connectivity index (χ0) is 24.2. The zero-order valence-corrected chi connectivity index (χ0v) is 18.9. The molecule has 0 aliphatic rings. The molecular weight excluding hydrogens is 444 g/mol. The minimum absolute atomic E-state index is 0.579. The van der Waals surface area contributed by atoms with Gasteiger partial charge in [0.15, 0.2) is 11.3 Å². The van der Waals surface area contributed by atoms with Crippen molar-refractivity contribution in [3.05, 3.63) is 108 Å². The quantitative estimate of drug-likeness (QED) is 0.298. The van der Waals surface area contributed by atoms with E-state index in [0.717, 1.165) is 44.2 Å². The maximum Gasteiger partial charge on any atom is 0.166 e. The van der Waals surface area contributed by atoms with Crippen LogP contribution in [0, 0.1) is 22.7 Å². The molecule has 0 unspecified atom stereocenters. The number of benzene rings is 4. The second kappa shape index (κ2) is 7.53. The number of aromatic nitrogens is 4. The average Bonchev–Trinajstić information content (AvgIpc) is 3.44. The molecule has 0 aliphatic carbocycles. The van der Waals surface area contributed by atoms with Crippen LogP contribution in [0.3, 0.4) is 0 Å². The van der Waals surface area contributed by atoms with E-state index in [0.29, 0.717) is 22.4 Å². The van der Waals surface area contributed by atoms with E-state index >= 15 is 0 Å². The van der Waals surface area contributed by atoms with E-state index in [9.17, 15) is 10.5 Å². The first-order chi connectivity index (χ1) is 17.8. The van der Waals surface area contributed by atoms with Gasteiger partial charge in [0, 0.05) is 22.1 Å². The van der Waals surface area contributed by atoms with E-state index < -0.39 is 0 Å². The maximum absolute atomic E-state index is 9.50. The number of hydrogen-bond acceptors (Lipinski definition) is 4. The van der Waals surface area contributed by atoms with Crippen LogP contribution in [0.2, 0.25) is 0 Å². The van der Waals surface area contributed by atoms with Crippen LogP contribution < -0.4 is 0 Å². The van der Waals surface area contributed by atoms with E-state index in [2.05, 4.69) is 33.4 Å². The molecule has 166 valence electrons. The fourth-order valence-corrected chi connectivity index (χ4v) is 5.01. The SMILES string of the molecule is N#Cc1cccc(-n2c3ccccc3c3nc4c5ccccc5n(-c5cccc(C#N)c5)c4nc32)c1. The average molecular weight is 461 g/mol. The minimum Gasteiger partial charge on any atom is -0.292 e. The molecule has 3 heterocycles. The van der Waals surface area contributed by atoms with Crippen molar-refractivity contribution < 1.29 is 0 Å². The number of nitriles is 2. The molecule has 3 aromatic heterocycles. The van der Waals surface area contributed by atoms with Crippen LogP contribution in [-0.4, -0.2) is 19.1 Å². The van der Waals surface area contributed by atoms with E-state index in [1.165, 1.54) is 0 Å². The van der Waals surface area contributed by atoms with E-state index in [1.807, 2.05) is 72.8 Å². The Hall–Kier alpha value is -5.46. The lowest BCUT2D eigenvalue weighted by Gasteiger charge is -2.09. The summed E-state index contributed by atoms with van der Waals surface area (Å²) in [5.74, 6) is 0. The molecule has 7 rings (SSSR count). The second-order valence-corrected chi connectivity index (χ2v) is 8.60. The number of rotatable bonds is 2. The third kappa shape index (κ3) is 2.76. The predicted molar refractivity (Wildman–Crippen MR) is 140 cm³/mol. The Labute approximate surface area is 205 Å². The fourth-order valence-electron chi connectivity index (χ4n) is 5.01. The molecule has 0 bridgehead atoms. The lowest BCUT2D eigenvalue weighted by molar-refractivity contribution is 1.10. The highest BCUT2D eigenvalue weighted by atomic mass is 15.1. The van der Waals surface area contributed by atoms with Crippen molar-refractivity contribution >= 4 is 44.1 Å². The summed E-state index contributed by atoms with van der Waals surface area (Å²) in [5, 5.41) is 21.0. The molecule has 0 aliphatic heterocycles. The summed E-state index contributed by atoms with van der Waals surface area (Å²) in [5.41, 5.74) is 7.81. The summed E-state index contributed by atoms with van der Waals surface area (Å²) in [6.07, 6.45) is 0. The lowest BCUT2D eigenvalue weighted by atomic mass is 10.2. The topological polar surface area (TPSA) is 83.2 Å². The summed E-state index contributed by atoms with van der Waals surface area (Å²) in [6.45, 7) is 0. The molecule has 0 saturated heterocycles. The number of nitrogens with zero attached hydrogens (tertiary/aromatic N) is 6. The van der Waals surface area contributed by atoms with Gasteiger partial charge in [-0.25, -0.2) is 9.97 Å². The Kier molecular flexibility index (Phi) is 4.17. The normalized spacial score (nSPS) is 11.3. The Morgan fingerprint density at radius 1 is 0.528 bits per heavy atom. The first-order valence-electron chi connectivity index (χ1n) is 11.5. The van der Waals surface area contributed by atoms with Gasteiger partial charge in [0.05, 0.1) is 34.3 Å². The molecule has 0 saturated carbocycles. The summed E-state index contributed by atoms with van der Waals surface area (Å²) in [6, 6.07) is 35.7. The van der Waals surface area contributed by atoms with Gasteiger partial charge in [-0.05, 0) is 48.5 Å². The zero-order valence-electron chi connectivity index (χ0n) is 18.9. The van der Waals surface area contributed by atoms with Crippen LogP contribution in [0.15, 0.2) is 97.1 Å². The van der Waals surface area contributed by atoms with Gasteiger partial charge in [-0.15, -0.1) is 0 Å². The van der Waals surface area contributed by atoms with Crippen molar-refractivity contribution in [3.8, 4) is 23.5 Å². The number of para-hydroxylation sites is 2. The molecule has 0 radical (unpaired) electrons. The Bertz CT molecular complexity index is 1930. The van der Waals surface area contributed by atoms with Gasteiger partial charge >= 0.3 is 0 Å². The summed E-state index contributed by atoms with van der Waals surface area (Å²) >= 11 is 0. The largest absolute Gasteiger partial charge is 0.292 e. The smallest absolute Gasteiger partial charge is 0.166 e. The van der Waals surface area contributed by atoms with Crippen LogP contribution in [0.4, 0.5) is 0 Å². The fraction of sp³-hybridized carbons (Fsp3) is 0. The van der Waals surface area contributed by atoms with E-state index in [1.54, 1.807) is 12.1 Å². The molecule has 0 spiro atoms.